The van der Waals surface area contributed by atoms with Crippen LogP contribution in [0.5, 0.6) is 11.5 Å². The Morgan fingerprint density at radius 3 is 1.47 bits per heavy atom. The summed E-state index contributed by atoms with van der Waals surface area (Å²) >= 11 is 0. The molecule has 0 bridgehead atoms. The highest BCUT2D eigenvalue weighted by atomic mass is 19.4. The quantitative estimate of drug-likeness (QED) is 0.266. The Morgan fingerprint density at radius 2 is 1.08 bits per heavy atom. The van der Waals surface area contributed by atoms with Crippen LogP contribution in [0.2, 0.25) is 0 Å². The Kier molecular flexibility index (Phi) is 17.8. The third kappa shape index (κ3) is 14.4. The molecule has 6 heterocycles. The van der Waals surface area contributed by atoms with E-state index in [1.165, 1.54) is 80.4 Å². The van der Waals surface area contributed by atoms with Crippen molar-refractivity contribution in [3.05, 3.63) is 58.7 Å². The summed E-state index contributed by atoms with van der Waals surface area (Å²) in [5.41, 5.74) is 5.42. The molecule has 370 valence electrons. The van der Waals surface area contributed by atoms with Crippen molar-refractivity contribution in [3.63, 3.8) is 0 Å². The van der Waals surface area contributed by atoms with Gasteiger partial charge in [0.25, 0.3) is 0 Å². The van der Waals surface area contributed by atoms with Crippen LogP contribution in [0.15, 0.2) is 36.4 Å². The highest BCUT2D eigenvalue weighted by molar-refractivity contribution is 5.73. The number of alkyl halides is 3. The van der Waals surface area contributed by atoms with Crippen molar-refractivity contribution in [3.8, 4) is 11.5 Å². The maximum atomic E-state index is 12.5. The molecule has 2 spiro atoms. The zero-order valence-corrected chi connectivity index (χ0v) is 40.9. The first kappa shape index (κ1) is 51.8. The molecule has 66 heavy (non-hydrogen) atoms. The van der Waals surface area contributed by atoms with Gasteiger partial charge in [-0.15, -0.1) is 0 Å². The highest BCUT2D eigenvalue weighted by Crippen LogP contribution is 2.42. The average Bonchev–Trinajstić information content (AvgIpc) is 3.83. The van der Waals surface area contributed by atoms with Gasteiger partial charge >= 0.3 is 18.2 Å². The molecule has 0 aromatic heterocycles. The number of nitrogens with zero attached hydrogens (tertiary/aromatic N) is 5. The van der Waals surface area contributed by atoms with Crippen molar-refractivity contribution in [2.45, 2.75) is 160 Å². The van der Waals surface area contributed by atoms with E-state index in [-0.39, 0.29) is 11.6 Å². The number of carbonyl (C=O) groups excluding carboxylic acids is 1. The van der Waals surface area contributed by atoms with Gasteiger partial charge in [0, 0.05) is 74.6 Å². The van der Waals surface area contributed by atoms with E-state index in [0.29, 0.717) is 17.7 Å². The summed E-state index contributed by atoms with van der Waals surface area (Å²) in [6.45, 7) is 22.8. The molecular weight excluding hydrogens is 850 g/mol. The fourth-order valence-corrected chi connectivity index (χ4v) is 10.7. The molecule has 6 saturated heterocycles. The third-order valence-corrected chi connectivity index (χ3v) is 14.7. The maximum absolute atomic E-state index is 12.5. The Hall–Kier alpha value is -3.63. The van der Waals surface area contributed by atoms with E-state index >= 15 is 0 Å². The van der Waals surface area contributed by atoms with Crippen LogP contribution in [-0.4, -0.2) is 156 Å². The van der Waals surface area contributed by atoms with Gasteiger partial charge < -0.3 is 39.3 Å². The molecule has 0 saturated carbocycles. The lowest BCUT2D eigenvalue weighted by Gasteiger charge is -2.45. The van der Waals surface area contributed by atoms with Gasteiger partial charge in [-0.2, -0.15) is 13.2 Å². The van der Waals surface area contributed by atoms with Crippen LogP contribution < -0.4 is 14.8 Å². The van der Waals surface area contributed by atoms with E-state index < -0.39 is 17.7 Å². The first-order valence-corrected chi connectivity index (χ1v) is 24.6. The minimum absolute atomic E-state index is 0.172. The number of aryl methyl sites for hydroxylation is 2. The van der Waals surface area contributed by atoms with Gasteiger partial charge in [0.05, 0.1) is 0 Å². The lowest BCUT2D eigenvalue weighted by molar-refractivity contribution is -0.192. The maximum Gasteiger partial charge on any atom is 0.490 e. The van der Waals surface area contributed by atoms with Crippen LogP contribution in [0.3, 0.4) is 0 Å². The largest absolute Gasteiger partial charge is 0.490 e. The van der Waals surface area contributed by atoms with Crippen molar-refractivity contribution >= 4 is 12.1 Å². The van der Waals surface area contributed by atoms with Crippen LogP contribution in [0.25, 0.3) is 0 Å². The predicted molar refractivity (Wildman–Crippen MR) is 252 cm³/mol. The second-order valence-electron chi connectivity index (χ2n) is 21.0. The molecule has 8 rings (SSSR count). The smallest absolute Gasteiger partial charge is 0.490 e. The summed E-state index contributed by atoms with van der Waals surface area (Å²) in [4.78, 5) is 33.6. The molecule has 1 amide bonds. The number of nitrogens with one attached hydrogen (secondary N) is 1. The van der Waals surface area contributed by atoms with Crippen molar-refractivity contribution < 1.29 is 42.1 Å². The number of carboxylic acid groups (broad SMARTS) is 1. The fourth-order valence-electron chi connectivity index (χ4n) is 10.7. The van der Waals surface area contributed by atoms with Crippen LogP contribution in [0.4, 0.5) is 18.0 Å². The van der Waals surface area contributed by atoms with Gasteiger partial charge in [-0.3, -0.25) is 9.80 Å². The number of piperidine rings is 4. The zero-order chi connectivity index (χ0) is 47.7. The Bertz CT molecular complexity index is 1880. The van der Waals surface area contributed by atoms with Gasteiger partial charge in [-0.1, -0.05) is 24.3 Å². The average molecular weight is 929 g/mol. The number of benzene rings is 2. The molecule has 15 heteroatoms. The molecule has 6 aliphatic heterocycles. The molecule has 2 aromatic rings. The lowest BCUT2D eigenvalue weighted by atomic mass is 9.84. The van der Waals surface area contributed by atoms with Crippen molar-refractivity contribution in [2.24, 2.45) is 0 Å². The van der Waals surface area contributed by atoms with Crippen LogP contribution in [0.1, 0.15) is 120 Å². The number of rotatable bonds is 8. The molecule has 12 nitrogen and oxygen atoms in total. The van der Waals surface area contributed by atoms with Crippen LogP contribution >= 0.6 is 0 Å². The molecular formula is C51H79F3N6O6. The second-order valence-corrected chi connectivity index (χ2v) is 21.0. The molecule has 2 N–H and O–H groups in total. The number of hydrogen-bond acceptors (Lipinski definition) is 10. The first-order chi connectivity index (χ1) is 31.2. The van der Waals surface area contributed by atoms with Gasteiger partial charge in [0.2, 0.25) is 0 Å². The minimum Gasteiger partial charge on any atom is -0.490 e. The second kappa shape index (κ2) is 22.7. The molecule has 2 aromatic carbocycles. The molecule has 0 atom stereocenters. The standard InChI is InChI=1S/C27H43N3O3.C22H35N3O.C2HF3O2/c1-21-7-8-22(24(19-21)32-23-9-15-28(5)16-10-23)20-30-14-6-11-27(30)12-17-29(18-13-27)25(31)33-26(2,3)4;1-18-4-5-19(21(16-18)26-20-6-14-24(2)15-7-20)17-25-13-3-8-22(25)9-11-23-12-10-22;3-2(4,5)1(6)7/h7-8,19,23H,6,9-18,20H2,1-5H3;4-5,16,20,23H,3,6-15,17H2,1-2H3;(H,6,7). The summed E-state index contributed by atoms with van der Waals surface area (Å²) in [5, 5.41) is 10.7. The van der Waals surface area contributed by atoms with E-state index in [9.17, 15) is 18.0 Å². The van der Waals surface area contributed by atoms with Crippen molar-refractivity contribution in [2.75, 3.05) is 79.5 Å². The van der Waals surface area contributed by atoms with Gasteiger partial charge in [0.1, 0.15) is 29.3 Å². The SMILES string of the molecule is Cc1ccc(CN2CCCC23CCN(C(=O)OC(C)(C)C)CC3)c(OC2CCN(C)CC2)c1.Cc1ccc(CN2CCCC23CCNCC3)c(OC2CCN(C)CC2)c1.O=C(O)C(F)(F)F. The van der Waals surface area contributed by atoms with Gasteiger partial charge in [-0.05, 0) is 175 Å². The van der Waals surface area contributed by atoms with E-state index in [2.05, 4.69) is 89.3 Å². The predicted octanol–water partition coefficient (Wildman–Crippen LogP) is 8.65. The minimum atomic E-state index is -5.08. The van der Waals surface area contributed by atoms with E-state index in [1.807, 2.05) is 25.7 Å². The highest BCUT2D eigenvalue weighted by Gasteiger charge is 2.45. The van der Waals surface area contributed by atoms with E-state index in [1.54, 1.807) is 0 Å². The Morgan fingerprint density at radius 1 is 0.667 bits per heavy atom. The van der Waals surface area contributed by atoms with Crippen LogP contribution in [0, 0.1) is 13.8 Å². The topological polar surface area (TPSA) is 110 Å². The monoisotopic (exact) mass is 929 g/mol. The first-order valence-electron chi connectivity index (χ1n) is 24.6. The number of ether oxygens (including phenoxy) is 3. The fraction of sp³-hybridized carbons (Fsp3) is 0.725. The lowest BCUT2D eigenvalue weighted by Crippen LogP contribution is -2.53. The number of carbonyl (C=O) groups is 2. The number of aliphatic carboxylic acids is 1. The number of halogens is 3. The summed E-state index contributed by atoms with van der Waals surface area (Å²) in [7, 11) is 4.40. The number of hydrogen-bond donors (Lipinski definition) is 2. The van der Waals surface area contributed by atoms with Gasteiger partial charge in [-0.25, -0.2) is 9.59 Å². The third-order valence-electron chi connectivity index (χ3n) is 14.7. The molecule has 0 unspecified atom stereocenters. The summed E-state index contributed by atoms with van der Waals surface area (Å²) in [6.07, 6.45) is 9.68. The zero-order valence-electron chi connectivity index (χ0n) is 40.9. The number of carboxylic acids is 1. The molecule has 6 aliphatic rings. The van der Waals surface area contributed by atoms with Crippen molar-refractivity contribution in [1.82, 2.24) is 29.8 Å². The summed E-state index contributed by atoms with van der Waals surface area (Å²) in [6, 6.07) is 13.5. The Balaban J connectivity index is 0.000000194. The van der Waals surface area contributed by atoms with Crippen LogP contribution in [-0.2, 0) is 22.6 Å². The summed E-state index contributed by atoms with van der Waals surface area (Å²) in [5.74, 6) is -0.555. The van der Waals surface area contributed by atoms with Crippen molar-refractivity contribution in [1.29, 1.82) is 0 Å². The molecule has 0 radical (unpaired) electrons. The van der Waals surface area contributed by atoms with Gasteiger partial charge in [0.15, 0.2) is 0 Å². The normalized spacial score (nSPS) is 22.4. The Labute approximate surface area is 392 Å². The summed E-state index contributed by atoms with van der Waals surface area (Å²) < 4.78 is 50.5. The number of likely N-dealkylation sites (tertiary alicyclic amines) is 5. The molecule has 0 aliphatic carbocycles. The molecule has 6 fully saturated rings. The van der Waals surface area contributed by atoms with E-state index in [0.717, 1.165) is 109 Å². The van der Waals surface area contributed by atoms with E-state index in [4.69, 9.17) is 24.1 Å². The number of amides is 1.